The van der Waals surface area contributed by atoms with Crippen LogP contribution in [0.25, 0.3) is 0 Å². The largest absolute Gasteiger partial charge is 0.386 e. The molecule has 12 heavy (non-hydrogen) atoms. The molecule has 0 heterocycles. The summed E-state index contributed by atoms with van der Waals surface area (Å²) in [7, 11) is 0. The van der Waals surface area contributed by atoms with Gasteiger partial charge in [-0.3, -0.25) is 0 Å². The van der Waals surface area contributed by atoms with Crippen molar-refractivity contribution < 1.29 is 10.2 Å². The van der Waals surface area contributed by atoms with Crippen LogP contribution in [0.2, 0.25) is 0 Å². The zero-order valence-electron chi connectivity index (χ0n) is 8.04. The molecular weight excluding hydrogens is 152 g/mol. The Morgan fingerprint density at radius 3 is 2.08 bits per heavy atom. The summed E-state index contributed by atoms with van der Waals surface area (Å²) in [6.07, 6.45) is 5.37. The van der Waals surface area contributed by atoms with Gasteiger partial charge in [0.05, 0.1) is 11.2 Å². The van der Waals surface area contributed by atoms with E-state index in [1.807, 2.05) is 0 Å². The molecule has 1 atom stereocenters. The molecule has 0 spiro atoms. The molecule has 0 saturated heterocycles. The molecule has 70 valence electrons. The van der Waals surface area contributed by atoms with Crippen LogP contribution in [0.15, 0.2) is 24.8 Å². The zero-order chi connectivity index (χ0) is 9.83. The van der Waals surface area contributed by atoms with Crippen LogP contribution in [0.3, 0.4) is 0 Å². The number of rotatable bonds is 4. The van der Waals surface area contributed by atoms with Gasteiger partial charge >= 0.3 is 0 Å². The molecule has 2 nitrogen and oxygen atoms in total. The minimum Gasteiger partial charge on any atom is -0.386 e. The summed E-state index contributed by atoms with van der Waals surface area (Å²) >= 11 is 0. The second-order valence-electron chi connectivity index (χ2n) is 3.82. The third kappa shape index (κ3) is 6.13. The van der Waals surface area contributed by atoms with Gasteiger partial charge in [-0.05, 0) is 27.2 Å². The highest BCUT2D eigenvalue weighted by molar-refractivity contribution is 5.02. The summed E-state index contributed by atoms with van der Waals surface area (Å²) < 4.78 is 0. The van der Waals surface area contributed by atoms with Gasteiger partial charge in [-0.2, -0.15) is 0 Å². The Morgan fingerprint density at radius 1 is 1.25 bits per heavy atom. The van der Waals surface area contributed by atoms with Crippen LogP contribution in [0.1, 0.15) is 27.2 Å². The highest BCUT2D eigenvalue weighted by Gasteiger charge is 2.13. The summed E-state index contributed by atoms with van der Waals surface area (Å²) in [5.74, 6) is 0. The SMILES string of the molecule is C=C[C@@](C)(O)C/C=C/C(C)(C)O. The van der Waals surface area contributed by atoms with Gasteiger partial charge in [0.2, 0.25) is 0 Å². The first kappa shape index (κ1) is 11.4. The van der Waals surface area contributed by atoms with Crippen molar-refractivity contribution in [3.05, 3.63) is 24.8 Å². The lowest BCUT2D eigenvalue weighted by Gasteiger charge is -2.16. The van der Waals surface area contributed by atoms with E-state index in [1.165, 1.54) is 6.08 Å². The van der Waals surface area contributed by atoms with E-state index in [2.05, 4.69) is 6.58 Å². The maximum absolute atomic E-state index is 9.47. The van der Waals surface area contributed by atoms with E-state index in [9.17, 15) is 10.2 Å². The van der Waals surface area contributed by atoms with Gasteiger partial charge in [0, 0.05) is 0 Å². The molecule has 0 aromatic carbocycles. The zero-order valence-corrected chi connectivity index (χ0v) is 8.04. The highest BCUT2D eigenvalue weighted by Crippen LogP contribution is 2.12. The van der Waals surface area contributed by atoms with E-state index >= 15 is 0 Å². The first-order chi connectivity index (χ1) is 5.27. The Hall–Kier alpha value is -0.600. The van der Waals surface area contributed by atoms with Crippen LogP contribution in [0.5, 0.6) is 0 Å². The molecule has 0 bridgehead atoms. The Labute approximate surface area is 74.2 Å². The van der Waals surface area contributed by atoms with Crippen molar-refractivity contribution in [3.63, 3.8) is 0 Å². The Kier molecular flexibility index (Phi) is 3.68. The third-order valence-corrected chi connectivity index (χ3v) is 1.50. The first-order valence-electron chi connectivity index (χ1n) is 4.03. The molecular formula is C10H18O2. The monoisotopic (exact) mass is 170 g/mol. The summed E-state index contributed by atoms with van der Waals surface area (Å²) in [4.78, 5) is 0. The van der Waals surface area contributed by atoms with Crippen molar-refractivity contribution >= 4 is 0 Å². The van der Waals surface area contributed by atoms with Crippen LogP contribution in [0.4, 0.5) is 0 Å². The minimum absolute atomic E-state index is 0.473. The first-order valence-corrected chi connectivity index (χ1v) is 4.03. The molecule has 0 saturated carbocycles. The quantitative estimate of drug-likeness (QED) is 0.630. The van der Waals surface area contributed by atoms with Gasteiger partial charge in [-0.25, -0.2) is 0 Å². The fourth-order valence-corrected chi connectivity index (χ4v) is 0.669. The van der Waals surface area contributed by atoms with Gasteiger partial charge in [-0.15, -0.1) is 6.58 Å². The molecule has 0 rings (SSSR count). The molecule has 0 amide bonds. The van der Waals surface area contributed by atoms with Crippen LogP contribution in [0, 0.1) is 0 Å². The van der Waals surface area contributed by atoms with E-state index in [-0.39, 0.29) is 0 Å². The van der Waals surface area contributed by atoms with Crippen LogP contribution < -0.4 is 0 Å². The number of hydrogen-bond donors (Lipinski definition) is 2. The topological polar surface area (TPSA) is 40.5 Å². The lowest BCUT2D eigenvalue weighted by atomic mass is 10.0. The van der Waals surface area contributed by atoms with E-state index in [0.717, 1.165) is 0 Å². The third-order valence-electron chi connectivity index (χ3n) is 1.50. The fourth-order valence-electron chi connectivity index (χ4n) is 0.669. The standard InChI is InChI=1S/C10H18O2/c1-5-10(4,12)8-6-7-9(2,3)11/h5-7,11-12H,1,8H2,2-4H3/b7-6+/t10-/m1/s1. The molecule has 2 N–H and O–H groups in total. The van der Waals surface area contributed by atoms with Crippen molar-refractivity contribution in [3.8, 4) is 0 Å². The fraction of sp³-hybridized carbons (Fsp3) is 0.600. The van der Waals surface area contributed by atoms with Crippen molar-refractivity contribution in [2.24, 2.45) is 0 Å². The summed E-state index contributed by atoms with van der Waals surface area (Å²) in [5.41, 5.74) is -1.68. The highest BCUT2D eigenvalue weighted by atomic mass is 16.3. The molecule has 2 heteroatoms. The van der Waals surface area contributed by atoms with Crippen LogP contribution in [-0.4, -0.2) is 21.4 Å². The van der Waals surface area contributed by atoms with Gasteiger partial charge in [0.25, 0.3) is 0 Å². The predicted octanol–water partition coefficient (Wildman–Crippen LogP) is 1.64. The van der Waals surface area contributed by atoms with E-state index in [0.29, 0.717) is 6.42 Å². The molecule has 0 radical (unpaired) electrons. The summed E-state index contributed by atoms with van der Waals surface area (Å²) in [6.45, 7) is 8.55. The lowest BCUT2D eigenvalue weighted by molar-refractivity contribution is 0.112. The number of hydrogen-bond acceptors (Lipinski definition) is 2. The van der Waals surface area contributed by atoms with Crippen molar-refractivity contribution in [1.82, 2.24) is 0 Å². The Balaban J connectivity index is 3.99. The number of aliphatic hydroxyl groups is 2. The van der Waals surface area contributed by atoms with Crippen molar-refractivity contribution in [1.29, 1.82) is 0 Å². The van der Waals surface area contributed by atoms with Gasteiger partial charge in [-0.1, -0.05) is 18.2 Å². The Bertz CT molecular complexity index is 173. The maximum Gasteiger partial charge on any atom is 0.0831 e. The molecule has 0 fully saturated rings. The molecule has 0 aromatic heterocycles. The maximum atomic E-state index is 9.47. The van der Waals surface area contributed by atoms with E-state index < -0.39 is 11.2 Å². The average Bonchev–Trinajstić information content (AvgIpc) is 1.84. The van der Waals surface area contributed by atoms with Gasteiger partial charge in [0.1, 0.15) is 0 Å². The predicted molar refractivity (Wildman–Crippen MR) is 50.9 cm³/mol. The molecule has 0 aliphatic rings. The van der Waals surface area contributed by atoms with Crippen LogP contribution >= 0.6 is 0 Å². The summed E-state index contributed by atoms with van der Waals surface area (Å²) in [5, 5.41) is 18.8. The Morgan fingerprint density at radius 2 is 1.75 bits per heavy atom. The normalized spacial score (nSPS) is 17.8. The smallest absolute Gasteiger partial charge is 0.0831 e. The second kappa shape index (κ2) is 3.87. The summed E-state index contributed by atoms with van der Waals surface area (Å²) in [6, 6.07) is 0. The van der Waals surface area contributed by atoms with Gasteiger partial charge in [0.15, 0.2) is 0 Å². The molecule has 0 aliphatic carbocycles. The van der Waals surface area contributed by atoms with E-state index in [1.54, 1.807) is 32.9 Å². The van der Waals surface area contributed by atoms with Crippen molar-refractivity contribution in [2.75, 3.05) is 0 Å². The average molecular weight is 170 g/mol. The van der Waals surface area contributed by atoms with Gasteiger partial charge < -0.3 is 10.2 Å². The van der Waals surface area contributed by atoms with E-state index in [4.69, 9.17) is 0 Å². The van der Waals surface area contributed by atoms with Crippen molar-refractivity contribution in [2.45, 2.75) is 38.4 Å². The molecule has 0 aromatic rings. The molecule has 0 unspecified atom stereocenters. The second-order valence-corrected chi connectivity index (χ2v) is 3.82. The molecule has 0 aliphatic heterocycles. The lowest BCUT2D eigenvalue weighted by Crippen LogP contribution is -2.20. The minimum atomic E-state index is -0.873. The van der Waals surface area contributed by atoms with Crippen LogP contribution in [-0.2, 0) is 0 Å².